The Kier molecular flexibility index (Phi) is 4.53. The van der Waals surface area contributed by atoms with Gasteiger partial charge in [-0.2, -0.15) is 0 Å². The fourth-order valence-corrected chi connectivity index (χ4v) is 2.60. The van der Waals surface area contributed by atoms with E-state index in [1.165, 1.54) is 6.07 Å². The Morgan fingerprint density at radius 3 is 2.68 bits per heavy atom. The largest absolute Gasteiger partial charge is 0.497 e. The molecule has 2 aromatic rings. The average molecular weight is 327 g/mol. The number of alkyl halides is 1. The van der Waals surface area contributed by atoms with Gasteiger partial charge in [-0.25, -0.2) is 8.78 Å². The van der Waals surface area contributed by atoms with E-state index in [9.17, 15) is 8.78 Å². The molecule has 0 heterocycles. The fraction of sp³-hybridized carbons (Fsp3) is 0.200. The van der Waals surface area contributed by atoms with Crippen molar-refractivity contribution in [2.45, 2.75) is 11.2 Å². The van der Waals surface area contributed by atoms with Crippen LogP contribution in [0.25, 0.3) is 0 Å². The van der Waals surface area contributed by atoms with Crippen molar-refractivity contribution in [3.63, 3.8) is 0 Å². The van der Waals surface area contributed by atoms with E-state index in [1.807, 2.05) is 24.3 Å². The van der Waals surface area contributed by atoms with Crippen molar-refractivity contribution in [1.82, 2.24) is 0 Å². The molecule has 0 spiro atoms. The van der Waals surface area contributed by atoms with E-state index in [0.29, 0.717) is 12.0 Å². The van der Waals surface area contributed by atoms with E-state index in [2.05, 4.69) is 15.9 Å². The molecule has 19 heavy (non-hydrogen) atoms. The maximum atomic E-state index is 13.6. The van der Waals surface area contributed by atoms with Gasteiger partial charge in [-0.1, -0.05) is 28.1 Å². The molecule has 0 saturated heterocycles. The predicted molar refractivity (Wildman–Crippen MR) is 74.7 cm³/mol. The lowest BCUT2D eigenvalue weighted by molar-refractivity contribution is 0.414. The van der Waals surface area contributed by atoms with Crippen LogP contribution in [0.1, 0.15) is 16.0 Å². The molecular weight excluding hydrogens is 314 g/mol. The summed E-state index contributed by atoms with van der Waals surface area (Å²) in [4.78, 5) is -0.282. The fourth-order valence-electron chi connectivity index (χ4n) is 1.87. The summed E-state index contributed by atoms with van der Waals surface area (Å²) < 4.78 is 31.9. The molecule has 0 aromatic heterocycles. The van der Waals surface area contributed by atoms with Gasteiger partial charge in [0.25, 0.3) is 0 Å². The van der Waals surface area contributed by atoms with Gasteiger partial charge in [0.05, 0.1) is 7.11 Å². The first-order chi connectivity index (χ1) is 9.10. The van der Waals surface area contributed by atoms with Crippen LogP contribution in [0.15, 0.2) is 42.5 Å². The number of benzene rings is 2. The molecule has 0 saturated carbocycles. The summed E-state index contributed by atoms with van der Waals surface area (Å²) in [6.45, 7) is 0. The Labute approximate surface area is 119 Å². The second kappa shape index (κ2) is 6.15. The summed E-state index contributed by atoms with van der Waals surface area (Å²) in [6, 6.07) is 11.0. The number of hydrogen-bond acceptors (Lipinski definition) is 1. The van der Waals surface area contributed by atoms with E-state index in [1.54, 1.807) is 7.11 Å². The summed E-state index contributed by atoms with van der Waals surface area (Å²) in [5.41, 5.74) is 1.31. The molecule has 1 atom stereocenters. The highest BCUT2D eigenvalue weighted by atomic mass is 79.9. The quantitative estimate of drug-likeness (QED) is 0.743. The van der Waals surface area contributed by atoms with Gasteiger partial charge in [-0.3, -0.25) is 0 Å². The minimum absolute atomic E-state index is 0.282. The molecule has 0 bridgehead atoms. The Morgan fingerprint density at radius 2 is 1.95 bits per heavy atom. The highest BCUT2D eigenvalue weighted by molar-refractivity contribution is 9.09. The van der Waals surface area contributed by atoms with Crippen LogP contribution in [-0.2, 0) is 6.42 Å². The van der Waals surface area contributed by atoms with Crippen molar-refractivity contribution in [2.24, 2.45) is 0 Å². The highest BCUT2D eigenvalue weighted by Gasteiger charge is 2.14. The van der Waals surface area contributed by atoms with E-state index >= 15 is 0 Å². The minimum atomic E-state index is -0.438. The summed E-state index contributed by atoms with van der Waals surface area (Å²) in [5, 5.41) is 0. The van der Waals surface area contributed by atoms with E-state index < -0.39 is 11.6 Å². The Morgan fingerprint density at radius 1 is 1.16 bits per heavy atom. The topological polar surface area (TPSA) is 9.23 Å². The number of ether oxygens (including phenoxy) is 1. The van der Waals surface area contributed by atoms with Crippen LogP contribution < -0.4 is 4.74 Å². The van der Waals surface area contributed by atoms with Crippen LogP contribution in [0.2, 0.25) is 0 Å². The Hall–Kier alpha value is -1.42. The normalized spacial score (nSPS) is 12.2. The molecule has 0 aliphatic rings. The van der Waals surface area contributed by atoms with Gasteiger partial charge in [0.2, 0.25) is 0 Å². The van der Waals surface area contributed by atoms with Gasteiger partial charge in [0.1, 0.15) is 17.4 Å². The average Bonchev–Trinajstić information content (AvgIpc) is 2.41. The molecule has 4 heteroatoms. The monoisotopic (exact) mass is 326 g/mol. The van der Waals surface area contributed by atoms with Gasteiger partial charge in [0.15, 0.2) is 0 Å². The van der Waals surface area contributed by atoms with Crippen molar-refractivity contribution >= 4 is 15.9 Å². The predicted octanol–water partition coefficient (Wildman–Crippen LogP) is 4.65. The maximum Gasteiger partial charge on any atom is 0.127 e. The third-order valence-corrected chi connectivity index (χ3v) is 3.66. The molecule has 0 radical (unpaired) electrons. The molecule has 2 aromatic carbocycles. The van der Waals surface area contributed by atoms with Crippen LogP contribution in [-0.4, -0.2) is 7.11 Å². The van der Waals surface area contributed by atoms with Gasteiger partial charge in [-0.15, -0.1) is 0 Å². The lowest BCUT2D eigenvalue weighted by Crippen LogP contribution is -2.00. The zero-order chi connectivity index (χ0) is 13.8. The van der Waals surface area contributed by atoms with Gasteiger partial charge >= 0.3 is 0 Å². The molecule has 1 unspecified atom stereocenters. The molecule has 0 aliphatic carbocycles. The molecule has 0 amide bonds. The second-order valence-electron chi connectivity index (χ2n) is 4.19. The first-order valence-corrected chi connectivity index (χ1v) is 6.73. The first-order valence-electron chi connectivity index (χ1n) is 5.82. The zero-order valence-corrected chi connectivity index (χ0v) is 12.0. The Balaban J connectivity index is 2.20. The van der Waals surface area contributed by atoms with E-state index in [0.717, 1.165) is 23.4 Å². The zero-order valence-electron chi connectivity index (χ0n) is 10.4. The van der Waals surface area contributed by atoms with Crippen molar-refractivity contribution in [3.8, 4) is 5.75 Å². The van der Waals surface area contributed by atoms with Crippen LogP contribution in [0.4, 0.5) is 8.78 Å². The Bertz CT molecular complexity index is 572. The molecule has 2 rings (SSSR count). The van der Waals surface area contributed by atoms with Crippen LogP contribution >= 0.6 is 15.9 Å². The third-order valence-electron chi connectivity index (χ3n) is 2.84. The summed E-state index contributed by atoms with van der Waals surface area (Å²) >= 11 is 3.41. The van der Waals surface area contributed by atoms with Gasteiger partial charge in [0, 0.05) is 10.4 Å². The van der Waals surface area contributed by atoms with Crippen molar-refractivity contribution in [3.05, 3.63) is 65.2 Å². The lowest BCUT2D eigenvalue weighted by atomic mass is 10.0. The number of rotatable bonds is 4. The summed E-state index contributed by atoms with van der Waals surface area (Å²) in [6.07, 6.45) is 0.553. The molecule has 100 valence electrons. The first kappa shape index (κ1) is 14.0. The van der Waals surface area contributed by atoms with Gasteiger partial charge < -0.3 is 4.74 Å². The molecule has 0 fully saturated rings. The van der Waals surface area contributed by atoms with E-state index in [4.69, 9.17) is 4.74 Å². The van der Waals surface area contributed by atoms with Crippen LogP contribution in [0, 0.1) is 11.6 Å². The highest BCUT2D eigenvalue weighted by Crippen LogP contribution is 2.30. The number of hydrogen-bond donors (Lipinski definition) is 0. The second-order valence-corrected chi connectivity index (χ2v) is 5.29. The minimum Gasteiger partial charge on any atom is -0.497 e. The number of methoxy groups -OCH3 is 1. The molecular formula is C15H13BrF2O. The molecule has 0 aliphatic heterocycles. The summed E-state index contributed by atoms with van der Waals surface area (Å²) in [5.74, 6) is -0.102. The van der Waals surface area contributed by atoms with Crippen molar-refractivity contribution in [1.29, 1.82) is 0 Å². The molecule has 0 N–H and O–H groups in total. The van der Waals surface area contributed by atoms with Crippen molar-refractivity contribution in [2.75, 3.05) is 7.11 Å². The third kappa shape index (κ3) is 3.53. The van der Waals surface area contributed by atoms with Crippen LogP contribution in [0.5, 0.6) is 5.75 Å². The smallest absolute Gasteiger partial charge is 0.127 e. The molecule has 1 nitrogen and oxygen atoms in total. The van der Waals surface area contributed by atoms with Crippen LogP contribution in [0.3, 0.4) is 0 Å². The number of halogens is 3. The summed E-state index contributed by atoms with van der Waals surface area (Å²) in [7, 11) is 1.59. The van der Waals surface area contributed by atoms with Gasteiger partial charge in [-0.05, 0) is 42.3 Å². The van der Waals surface area contributed by atoms with E-state index in [-0.39, 0.29) is 4.83 Å². The SMILES string of the molecule is COc1cccc(CC(Br)c2cc(F)ccc2F)c1. The standard InChI is InChI=1S/C15H13BrF2O/c1-19-12-4-2-3-10(7-12)8-14(16)13-9-11(17)5-6-15(13)18/h2-7,9,14H,8H2,1H3. The maximum absolute atomic E-state index is 13.6. The van der Waals surface area contributed by atoms with Crippen molar-refractivity contribution < 1.29 is 13.5 Å². The lowest BCUT2D eigenvalue weighted by Gasteiger charge is -2.12.